The molecule has 0 unspecified atom stereocenters. The Balaban J connectivity index is 1.94. The second-order valence-electron chi connectivity index (χ2n) is 4.55. The first kappa shape index (κ1) is 11.9. The zero-order valence-corrected chi connectivity index (χ0v) is 10.6. The molecule has 17 heavy (non-hydrogen) atoms. The van der Waals surface area contributed by atoms with Crippen molar-refractivity contribution in [2.45, 2.75) is 32.9 Å². The van der Waals surface area contributed by atoms with Crippen molar-refractivity contribution in [3.05, 3.63) is 35.7 Å². The molecule has 2 heterocycles. The third kappa shape index (κ3) is 2.94. The molecular formula is C12H19N5. The maximum absolute atomic E-state index is 4.48. The van der Waals surface area contributed by atoms with E-state index in [4.69, 9.17) is 0 Å². The maximum Gasteiger partial charge on any atom is 0.0922 e. The fourth-order valence-corrected chi connectivity index (χ4v) is 1.89. The standard InChI is InChI=1S/C12H19N5/c1-9(2)12-10(7-17(3)16-12)4-13-5-11-6-14-8-15-11/h6-9,13H,4-5H2,1-3H3,(H,14,15). The number of imidazole rings is 1. The number of aromatic amines is 1. The number of nitrogens with one attached hydrogen (secondary N) is 2. The van der Waals surface area contributed by atoms with Crippen molar-refractivity contribution >= 4 is 0 Å². The molecule has 92 valence electrons. The first-order valence-corrected chi connectivity index (χ1v) is 5.87. The van der Waals surface area contributed by atoms with Gasteiger partial charge in [-0.25, -0.2) is 4.98 Å². The van der Waals surface area contributed by atoms with Crippen molar-refractivity contribution in [2.75, 3.05) is 0 Å². The van der Waals surface area contributed by atoms with E-state index >= 15 is 0 Å². The molecule has 0 bridgehead atoms. The number of rotatable bonds is 5. The van der Waals surface area contributed by atoms with Gasteiger partial charge in [-0.3, -0.25) is 4.68 Å². The lowest BCUT2D eigenvalue weighted by atomic mass is 10.1. The molecular weight excluding hydrogens is 214 g/mol. The maximum atomic E-state index is 4.48. The van der Waals surface area contributed by atoms with Gasteiger partial charge in [0.2, 0.25) is 0 Å². The third-order valence-corrected chi connectivity index (χ3v) is 2.67. The zero-order valence-electron chi connectivity index (χ0n) is 10.6. The Kier molecular flexibility index (Phi) is 3.58. The van der Waals surface area contributed by atoms with Crippen LogP contribution in [-0.2, 0) is 20.1 Å². The van der Waals surface area contributed by atoms with Gasteiger partial charge in [-0.05, 0) is 5.92 Å². The largest absolute Gasteiger partial charge is 0.347 e. The lowest BCUT2D eigenvalue weighted by molar-refractivity contribution is 0.669. The van der Waals surface area contributed by atoms with Crippen LogP contribution in [0.5, 0.6) is 0 Å². The Bertz CT molecular complexity index is 455. The molecule has 0 spiro atoms. The van der Waals surface area contributed by atoms with E-state index in [1.165, 1.54) is 11.3 Å². The van der Waals surface area contributed by atoms with Gasteiger partial charge >= 0.3 is 0 Å². The van der Waals surface area contributed by atoms with E-state index in [1.807, 2.05) is 17.9 Å². The molecule has 0 saturated carbocycles. The van der Waals surface area contributed by atoms with Crippen molar-refractivity contribution in [3.8, 4) is 0 Å². The SMILES string of the molecule is CC(C)c1nn(C)cc1CNCc1cnc[nH]1. The highest BCUT2D eigenvalue weighted by molar-refractivity contribution is 5.20. The van der Waals surface area contributed by atoms with Crippen molar-refractivity contribution in [2.24, 2.45) is 7.05 Å². The number of nitrogens with zero attached hydrogens (tertiary/aromatic N) is 3. The zero-order chi connectivity index (χ0) is 12.3. The summed E-state index contributed by atoms with van der Waals surface area (Å²) in [6, 6.07) is 0. The molecule has 0 atom stereocenters. The minimum atomic E-state index is 0.458. The van der Waals surface area contributed by atoms with Crippen molar-refractivity contribution in [1.82, 2.24) is 25.1 Å². The number of hydrogen-bond donors (Lipinski definition) is 2. The molecule has 2 aromatic rings. The lowest BCUT2D eigenvalue weighted by Crippen LogP contribution is -2.13. The van der Waals surface area contributed by atoms with Gasteiger partial charge in [-0.15, -0.1) is 0 Å². The molecule has 0 aliphatic heterocycles. The highest BCUT2D eigenvalue weighted by atomic mass is 15.3. The average Bonchev–Trinajstić information content (AvgIpc) is 2.88. The monoisotopic (exact) mass is 233 g/mol. The van der Waals surface area contributed by atoms with E-state index in [9.17, 15) is 0 Å². The van der Waals surface area contributed by atoms with Crippen molar-refractivity contribution in [3.63, 3.8) is 0 Å². The van der Waals surface area contributed by atoms with Crippen LogP contribution in [0.2, 0.25) is 0 Å². The molecule has 0 aliphatic carbocycles. The van der Waals surface area contributed by atoms with Crippen LogP contribution in [0.3, 0.4) is 0 Å². The number of hydrogen-bond acceptors (Lipinski definition) is 3. The van der Waals surface area contributed by atoms with Gasteiger partial charge in [0.1, 0.15) is 0 Å². The van der Waals surface area contributed by atoms with Gasteiger partial charge in [0.25, 0.3) is 0 Å². The summed E-state index contributed by atoms with van der Waals surface area (Å²) >= 11 is 0. The molecule has 0 aliphatic rings. The number of aromatic nitrogens is 4. The van der Waals surface area contributed by atoms with E-state index in [0.717, 1.165) is 18.8 Å². The van der Waals surface area contributed by atoms with Gasteiger partial charge in [0.05, 0.1) is 12.0 Å². The highest BCUT2D eigenvalue weighted by Crippen LogP contribution is 2.16. The van der Waals surface area contributed by atoms with Crippen LogP contribution in [-0.4, -0.2) is 19.7 Å². The molecule has 0 radical (unpaired) electrons. The summed E-state index contributed by atoms with van der Waals surface area (Å²) in [5.41, 5.74) is 3.53. The molecule has 5 nitrogen and oxygen atoms in total. The van der Waals surface area contributed by atoms with E-state index in [1.54, 1.807) is 6.33 Å². The molecule has 0 saturated heterocycles. The van der Waals surface area contributed by atoms with Gasteiger partial charge in [-0.1, -0.05) is 13.8 Å². The first-order valence-electron chi connectivity index (χ1n) is 5.87. The third-order valence-electron chi connectivity index (χ3n) is 2.67. The van der Waals surface area contributed by atoms with Gasteiger partial charge in [0, 0.05) is 43.8 Å². The predicted octanol–water partition coefficient (Wildman–Crippen LogP) is 1.56. The van der Waals surface area contributed by atoms with Crippen LogP contribution in [0, 0.1) is 0 Å². The van der Waals surface area contributed by atoms with Crippen LogP contribution in [0.25, 0.3) is 0 Å². The topological polar surface area (TPSA) is 58.5 Å². The molecule has 5 heteroatoms. The van der Waals surface area contributed by atoms with Crippen LogP contribution in [0.1, 0.15) is 36.7 Å². The smallest absolute Gasteiger partial charge is 0.0922 e. The predicted molar refractivity (Wildman–Crippen MR) is 66.4 cm³/mol. The Morgan fingerprint density at radius 1 is 1.41 bits per heavy atom. The Hall–Kier alpha value is -1.62. The van der Waals surface area contributed by atoms with Crippen LogP contribution < -0.4 is 5.32 Å². The summed E-state index contributed by atoms with van der Waals surface area (Å²) in [7, 11) is 1.96. The van der Waals surface area contributed by atoms with Crippen LogP contribution >= 0.6 is 0 Å². The Morgan fingerprint density at radius 2 is 2.24 bits per heavy atom. The Morgan fingerprint density at radius 3 is 2.88 bits per heavy atom. The fourth-order valence-electron chi connectivity index (χ4n) is 1.89. The highest BCUT2D eigenvalue weighted by Gasteiger charge is 2.10. The summed E-state index contributed by atoms with van der Waals surface area (Å²) in [6.45, 7) is 5.97. The first-order chi connectivity index (χ1) is 8.16. The van der Waals surface area contributed by atoms with Crippen molar-refractivity contribution < 1.29 is 0 Å². The van der Waals surface area contributed by atoms with E-state index < -0.39 is 0 Å². The van der Waals surface area contributed by atoms with Crippen LogP contribution in [0.15, 0.2) is 18.7 Å². The van der Waals surface area contributed by atoms with Gasteiger partial charge in [-0.2, -0.15) is 5.10 Å². The quantitative estimate of drug-likeness (QED) is 0.824. The summed E-state index contributed by atoms with van der Waals surface area (Å²) in [4.78, 5) is 7.06. The lowest BCUT2D eigenvalue weighted by Gasteiger charge is -2.06. The second-order valence-corrected chi connectivity index (χ2v) is 4.55. The van der Waals surface area contributed by atoms with E-state index in [-0.39, 0.29) is 0 Å². The van der Waals surface area contributed by atoms with E-state index in [2.05, 4.69) is 40.4 Å². The Labute approximate surface area is 101 Å². The molecule has 2 aromatic heterocycles. The van der Waals surface area contributed by atoms with Gasteiger partial charge in [0.15, 0.2) is 0 Å². The fraction of sp³-hybridized carbons (Fsp3) is 0.500. The average molecular weight is 233 g/mol. The second kappa shape index (κ2) is 5.14. The number of H-pyrrole nitrogens is 1. The minimum absolute atomic E-state index is 0.458. The van der Waals surface area contributed by atoms with E-state index in [0.29, 0.717) is 5.92 Å². The van der Waals surface area contributed by atoms with Crippen LogP contribution in [0.4, 0.5) is 0 Å². The molecule has 2 N–H and O–H groups in total. The molecule has 0 fully saturated rings. The summed E-state index contributed by atoms with van der Waals surface area (Å²) < 4.78 is 1.88. The minimum Gasteiger partial charge on any atom is -0.347 e. The summed E-state index contributed by atoms with van der Waals surface area (Å²) in [5, 5.41) is 7.87. The summed E-state index contributed by atoms with van der Waals surface area (Å²) in [5.74, 6) is 0.458. The summed E-state index contributed by atoms with van der Waals surface area (Å²) in [6.07, 6.45) is 5.61. The van der Waals surface area contributed by atoms with Gasteiger partial charge < -0.3 is 10.3 Å². The molecule has 0 amide bonds. The van der Waals surface area contributed by atoms with Crippen molar-refractivity contribution in [1.29, 1.82) is 0 Å². The normalized spacial score (nSPS) is 11.3. The molecule has 2 rings (SSSR count). The molecule has 0 aromatic carbocycles. The number of aryl methyl sites for hydroxylation is 1.